The van der Waals surface area contributed by atoms with Gasteiger partial charge in [-0.3, -0.25) is 14.5 Å². The minimum Gasteiger partial charge on any atom is -0.458 e. The fourth-order valence-corrected chi connectivity index (χ4v) is 6.94. The van der Waals surface area contributed by atoms with Gasteiger partial charge in [0.2, 0.25) is 5.91 Å². The predicted octanol–water partition coefficient (Wildman–Crippen LogP) is 1.90. The predicted molar refractivity (Wildman–Crippen MR) is 93.8 cm³/mol. The van der Waals surface area contributed by atoms with E-state index < -0.39 is 0 Å². The first-order valence-electron chi connectivity index (χ1n) is 9.45. The number of fused-ring (bicyclic) bond motifs is 1. The van der Waals surface area contributed by atoms with Gasteiger partial charge in [-0.1, -0.05) is 12.8 Å². The van der Waals surface area contributed by atoms with E-state index >= 15 is 0 Å². The summed E-state index contributed by atoms with van der Waals surface area (Å²) in [5.74, 6) is 0.337. The third-order valence-electron chi connectivity index (χ3n) is 6.02. The van der Waals surface area contributed by atoms with Gasteiger partial charge in [0.15, 0.2) is 0 Å². The minimum absolute atomic E-state index is 0.0966. The summed E-state index contributed by atoms with van der Waals surface area (Å²) in [6.07, 6.45) is 5.67. The van der Waals surface area contributed by atoms with E-state index in [1.807, 2.05) is 16.7 Å². The van der Waals surface area contributed by atoms with Gasteiger partial charge in [-0.15, -0.1) is 11.8 Å². The van der Waals surface area contributed by atoms with Crippen LogP contribution >= 0.6 is 11.8 Å². The molecule has 4 aliphatic heterocycles. The first kappa shape index (κ1) is 16.7. The van der Waals surface area contributed by atoms with E-state index in [1.165, 1.54) is 25.7 Å². The van der Waals surface area contributed by atoms with E-state index in [4.69, 9.17) is 4.74 Å². The first-order valence-corrected chi connectivity index (χ1v) is 10.4. The van der Waals surface area contributed by atoms with Crippen molar-refractivity contribution in [3.8, 4) is 0 Å². The Kier molecular flexibility index (Phi) is 4.54. The number of ether oxygens (including phenoxy) is 1. The summed E-state index contributed by atoms with van der Waals surface area (Å²) < 4.78 is 5.95. The first-order chi connectivity index (χ1) is 11.6. The van der Waals surface area contributed by atoms with Gasteiger partial charge in [-0.2, -0.15) is 0 Å². The molecule has 0 aromatic carbocycles. The molecule has 5 unspecified atom stereocenters. The van der Waals surface area contributed by atoms with Gasteiger partial charge in [-0.05, 0) is 46.2 Å². The highest BCUT2D eigenvalue weighted by molar-refractivity contribution is 8.01. The number of nitrogens with zero attached hydrogens (tertiary/aromatic N) is 2. The maximum absolute atomic E-state index is 12.6. The van der Waals surface area contributed by atoms with Crippen molar-refractivity contribution >= 4 is 23.6 Å². The molecule has 0 saturated carbocycles. The van der Waals surface area contributed by atoms with Gasteiger partial charge in [0.25, 0.3) is 0 Å². The Morgan fingerprint density at radius 2 is 1.96 bits per heavy atom. The second-order valence-electron chi connectivity index (χ2n) is 7.96. The Labute approximate surface area is 148 Å². The number of carbonyl (C=O) groups is 2. The van der Waals surface area contributed by atoms with E-state index in [0.717, 1.165) is 19.5 Å². The molecule has 134 valence electrons. The van der Waals surface area contributed by atoms with Gasteiger partial charge < -0.3 is 9.64 Å². The molecule has 4 rings (SSSR count). The summed E-state index contributed by atoms with van der Waals surface area (Å²) in [6, 6.07) is 0.276. The summed E-state index contributed by atoms with van der Waals surface area (Å²) in [6.45, 7) is 6.54. The largest absolute Gasteiger partial charge is 0.458 e. The van der Waals surface area contributed by atoms with Gasteiger partial charge in [0.1, 0.15) is 6.10 Å². The van der Waals surface area contributed by atoms with Gasteiger partial charge in [-0.25, -0.2) is 0 Å². The molecule has 0 aliphatic carbocycles. The monoisotopic (exact) mass is 352 g/mol. The fourth-order valence-electron chi connectivity index (χ4n) is 4.98. The third-order valence-corrected chi connectivity index (χ3v) is 7.75. The van der Waals surface area contributed by atoms with E-state index in [2.05, 4.69) is 18.7 Å². The van der Waals surface area contributed by atoms with Gasteiger partial charge in [0.05, 0.1) is 18.5 Å². The summed E-state index contributed by atoms with van der Waals surface area (Å²) in [5.41, 5.74) is 0. The average Bonchev–Trinajstić information content (AvgIpc) is 3.05. The van der Waals surface area contributed by atoms with Crippen LogP contribution in [0.25, 0.3) is 0 Å². The standard InChI is InChI=1S/C18H28N2O3S/c1-11(2)20-15-16(13-9-12(18(20)22)17(15)24-13)23-14(21)10-19-7-5-3-4-6-8-19/h11-13,15-17H,3-10H2,1-2H3. The summed E-state index contributed by atoms with van der Waals surface area (Å²) in [4.78, 5) is 29.4. The van der Waals surface area contributed by atoms with Crippen molar-refractivity contribution < 1.29 is 14.3 Å². The second-order valence-corrected chi connectivity index (χ2v) is 9.38. The number of esters is 1. The third kappa shape index (κ3) is 2.75. The number of likely N-dealkylation sites (tertiary alicyclic amines) is 2. The van der Waals surface area contributed by atoms with Crippen LogP contribution in [0, 0.1) is 5.92 Å². The zero-order valence-corrected chi connectivity index (χ0v) is 15.5. The average molecular weight is 353 g/mol. The van der Waals surface area contributed by atoms with E-state index in [1.54, 1.807) is 0 Å². The van der Waals surface area contributed by atoms with Crippen LogP contribution in [0.4, 0.5) is 0 Å². The molecule has 0 radical (unpaired) electrons. The number of hydrogen-bond acceptors (Lipinski definition) is 5. The molecule has 0 aromatic rings. The summed E-state index contributed by atoms with van der Waals surface area (Å²) in [5, 5.41) is 0.645. The lowest BCUT2D eigenvalue weighted by atomic mass is 9.88. The zero-order valence-electron chi connectivity index (χ0n) is 14.6. The Morgan fingerprint density at radius 3 is 2.62 bits per heavy atom. The Morgan fingerprint density at radius 1 is 1.25 bits per heavy atom. The maximum atomic E-state index is 12.6. The molecular formula is C18H28N2O3S. The van der Waals surface area contributed by atoms with Crippen LogP contribution in [-0.4, -0.2) is 70.0 Å². The second kappa shape index (κ2) is 6.52. The van der Waals surface area contributed by atoms with Crippen LogP contribution < -0.4 is 0 Å². The van der Waals surface area contributed by atoms with Crippen LogP contribution in [-0.2, 0) is 14.3 Å². The highest BCUT2D eigenvalue weighted by atomic mass is 32.2. The van der Waals surface area contributed by atoms with E-state index in [9.17, 15) is 9.59 Å². The topological polar surface area (TPSA) is 49.9 Å². The van der Waals surface area contributed by atoms with Crippen molar-refractivity contribution in [3.05, 3.63) is 0 Å². The van der Waals surface area contributed by atoms with Crippen LogP contribution in [0.3, 0.4) is 0 Å². The van der Waals surface area contributed by atoms with Crippen LogP contribution in [0.2, 0.25) is 0 Å². The van der Waals surface area contributed by atoms with Crippen LogP contribution in [0.15, 0.2) is 0 Å². The molecule has 4 fully saturated rings. The molecule has 4 heterocycles. The highest BCUT2D eigenvalue weighted by Crippen LogP contribution is 2.57. The van der Waals surface area contributed by atoms with Crippen molar-refractivity contribution in [2.24, 2.45) is 5.92 Å². The highest BCUT2D eigenvalue weighted by Gasteiger charge is 2.65. The van der Waals surface area contributed by atoms with Gasteiger partial charge >= 0.3 is 5.97 Å². The maximum Gasteiger partial charge on any atom is 0.320 e. The molecule has 1 amide bonds. The number of hydrogen-bond donors (Lipinski definition) is 0. The zero-order chi connectivity index (χ0) is 16.8. The lowest BCUT2D eigenvalue weighted by Crippen LogP contribution is -2.49. The molecule has 24 heavy (non-hydrogen) atoms. The molecule has 5 nitrogen and oxygen atoms in total. The van der Waals surface area contributed by atoms with Crippen LogP contribution in [0.1, 0.15) is 46.0 Å². The molecule has 0 spiro atoms. The Bertz CT molecular complexity index is 518. The summed E-state index contributed by atoms with van der Waals surface area (Å²) >= 11 is 1.88. The van der Waals surface area contributed by atoms with Crippen molar-refractivity contribution in [1.82, 2.24) is 9.80 Å². The Balaban J connectivity index is 1.41. The molecule has 2 bridgehead atoms. The minimum atomic E-state index is -0.107. The number of carbonyl (C=O) groups excluding carboxylic acids is 2. The molecule has 6 heteroatoms. The van der Waals surface area contributed by atoms with E-state index in [0.29, 0.717) is 17.0 Å². The quantitative estimate of drug-likeness (QED) is 0.723. The molecule has 0 aromatic heterocycles. The number of rotatable bonds is 4. The summed E-state index contributed by atoms with van der Waals surface area (Å²) in [7, 11) is 0. The number of amides is 1. The smallest absolute Gasteiger partial charge is 0.320 e. The normalized spacial score (nSPS) is 38.9. The molecule has 0 N–H and O–H groups in total. The van der Waals surface area contributed by atoms with Crippen LogP contribution in [0.5, 0.6) is 0 Å². The molecule has 4 saturated heterocycles. The van der Waals surface area contributed by atoms with Crippen molar-refractivity contribution in [2.45, 2.75) is 74.6 Å². The van der Waals surface area contributed by atoms with Crippen molar-refractivity contribution in [3.63, 3.8) is 0 Å². The SMILES string of the molecule is CC(C)N1C(=O)C2CC3SC2C1C3OC(=O)CN1CCCCCC1. The lowest BCUT2D eigenvalue weighted by molar-refractivity contribution is -0.154. The fraction of sp³-hybridized carbons (Fsp3) is 0.889. The Hall–Kier alpha value is -0.750. The molecule has 4 aliphatic rings. The van der Waals surface area contributed by atoms with E-state index in [-0.39, 0.29) is 36.0 Å². The number of thioether (sulfide) groups is 1. The van der Waals surface area contributed by atoms with Gasteiger partial charge in [0, 0.05) is 16.5 Å². The lowest BCUT2D eigenvalue weighted by Gasteiger charge is -2.33. The molecule has 5 atom stereocenters. The van der Waals surface area contributed by atoms with Crippen molar-refractivity contribution in [2.75, 3.05) is 19.6 Å². The molecular weight excluding hydrogens is 324 g/mol. The van der Waals surface area contributed by atoms with Crippen molar-refractivity contribution in [1.29, 1.82) is 0 Å².